The van der Waals surface area contributed by atoms with Crippen LogP contribution in [0.4, 0.5) is 0 Å². The highest BCUT2D eigenvalue weighted by Crippen LogP contribution is 2.15. The van der Waals surface area contributed by atoms with Crippen molar-refractivity contribution in [3.8, 4) is 0 Å². The average Bonchev–Trinajstić information content (AvgIpc) is 2.94. The number of furan rings is 1. The summed E-state index contributed by atoms with van der Waals surface area (Å²) < 4.78 is 10.6. The van der Waals surface area contributed by atoms with Crippen LogP contribution in [0.1, 0.15) is 11.3 Å². The van der Waals surface area contributed by atoms with Gasteiger partial charge in [-0.2, -0.15) is 0 Å². The number of aliphatic hydroxyl groups is 1. The molecule has 0 fully saturated rings. The minimum absolute atomic E-state index is 0.260. The van der Waals surface area contributed by atoms with Gasteiger partial charge in [-0.15, -0.1) is 0 Å². The molecule has 2 N–H and O–H groups in total. The molecule has 0 saturated heterocycles. The van der Waals surface area contributed by atoms with Gasteiger partial charge in [0.1, 0.15) is 5.76 Å². The Morgan fingerprint density at radius 1 is 1.25 bits per heavy atom. The van der Waals surface area contributed by atoms with E-state index in [4.69, 9.17) is 20.8 Å². The monoisotopic (exact) mass is 295 g/mol. The van der Waals surface area contributed by atoms with E-state index in [0.717, 1.165) is 11.3 Å². The van der Waals surface area contributed by atoms with Crippen molar-refractivity contribution < 1.29 is 14.3 Å². The normalized spacial score (nSPS) is 12.5. The van der Waals surface area contributed by atoms with E-state index in [9.17, 15) is 5.11 Å². The molecule has 0 aliphatic rings. The first-order chi connectivity index (χ1) is 9.75. The van der Waals surface area contributed by atoms with E-state index in [1.807, 2.05) is 36.4 Å². The molecule has 1 aromatic carbocycles. The lowest BCUT2D eigenvalue weighted by Gasteiger charge is -2.12. The van der Waals surface area contributed by atoms with Gasteiger partial charge in [0.05, 0.1) is 32.1 Å². The highest BCUT2D eigenvalue weighted by atomic mass is 35.5. The molecular weight excluding hydrogens is 278 g/mol. The van der Waals surface area contributed by atoms with Gasteiger partial charge in [-0.05, 0) is 23.8 Å². The fourth-order valence-electron chi connectivity index (χ4n) is 1.75. The molecule has 4 nitrogen and oxygen atoms in total. The summed E-state index contributed by atoms with van der Waals surface area (Å²) >= 11 is 6.01. The summed E-state index contributed by atoms with van der Waals surface area (Å²) in [7, 11) is 0. The van der Waals surface area contributed by atoms with Gasteiger partial charge in [0.15, 0.2) is 0 Å². The Bertz CT molecular complexity index is 502. The Morgan fingerprint density at radius 2 is 2.10 bits per heavy atom. The van der Waals surface area contributed by atoms with Crippen molar-refractivity contribution in [1.29, 1.82) is 0 Å². The summed E-state index contributed by atoms with van der Waals surface area (Å²) in [5, 5.41) is 13.6. The lowest BCUT2D eigenvalue weighted by atomic mass is 10.2. The molecule has 0 aliphatic heterocycles. The molecule has 20 heavy (non-hydrogen) atoms. The third-order valence-corrected chi connectivity index (χ3v) is 3.15. The van der Waals surface area contributed by atoms with Crippen LogP contribution >= 0.6 is 11.6 Å². The summed E-state index contributed by atoms with van der Waals surface area (Å²) in [6.07, 6.45) is 1.06. The van der Waals surface area contributed by atoms with Crippen molar-refractivity contribution in [3.63, 3.8) is 0 Å². The quantitative estimate of drug-likeness (QED) is 0.786. The number of hydrogen-bond acceptors (Lipinski definition) is 4. The van der Waals surface area contributed by atoms with Crippen molar-refractivity contribution in [2.75, 3.05) is 13.2 Å². The fraction of sp³-hybridized carbons (Fsp3) is 0.333. The van der Waals surface area contributed by atoms with E-state index in [1.165, 1.54) is 0 Å². The summed E-state index contributed by atoms with van der Waals surface area (Å²) in [5.74, 6) is 0.842. The van der Waals surface area contributed by atoms with E-state index in [-0.39, 0.29) is 6.61 Å². The highest BCUT2D eigenvalue weighted by Gasteiger charge is 2.06. The van der Waals surface area contributed by atoms with E-state index in [2.05, 4.69) is 5.32 Å². The Kier molecular flexibility index (Phi) is 6.08. The van der Waals surface area contributed by atoms with Crippen molar-refractivity contribution in [2.45, 2.75) is 19.3 Å². The van der Waals surface area contributed by atoms with Crippen molar-refractivity contribution in [3.05, 3.63) is 59.0 Å². The first-order valence-electron chi connectivity index (χ1n) is 6.48. The topological polar surface area (TPSA) is 54.6 Å². The third-order valence-electron chi connectivity index (χ3n) is 2.78. The molecule has 0 bridgehead atoms. The van der Waals surface area contributed by atoms with Gasteiger partial charge in [0, 0.05) is 11.6 Å². The van der Waals surface area contributed by atoms with E-state index < -0.39 is 6.10 Å². The molecule has 0 amide bonds. The highest BCUT2D eigenvalue weighted by molar-refractivity contribution is 6.31. The van der Waals surface area contributed by atoms with Crippen LogP contribution in [0.15, 0.2) is 47.1 Å². The molecule has 0 spiro atoms. The summed E-state index contributed by atoms with van der Waals surface area (Å²) in [6.45, 7) is 1.70. The van der Waals surface area contributed by atoms with Gasteiger partial charge in [-0.25, -0.2) is 0 Å². The summed E-state index contributed by atoms with van der Waals surface area (Å²) in [4.78, 5) is 0. The largest absolute Gasteiger partial charge is 0.468 e. The molecule has 1 unspecified atom stereocenters. The molecule has 0 saturated carbocycles. The number of hydrogen-bond donors (Lipinski definition) is 2. The van der Waals surface area contributed by atoms with Crippen LogP contribution in [-0.2, 0) is 17.9 Å². The number of ether oxygens (including phenoxy) is 1. The first-order valence-corrected chi connectivity index (χ1v) is 6.86. The first kappa shape index (κ1) is 15.1. The van der Waals surface area contributed by atoms with Gasteiger partial charge in [-0.1, -0.05) is 29.8 Å². The SMILES string of the molecule is OC(CNCc1ccco1)COCc1ccccc1Cl. The third kappa shape index (κ3) is 4.98. The lowest BCUT2D eigenvalue weighted by molar-refractivity contribution is 0.0286. The van der Waals surface area contributed by atoms with Crippen LogP contribution < -0.4 is 5.32 Å². The molecular formula is C15H18ClNO3. The van der Waals surface area contributed by atoms with E-state index in [0.29, 0.717) is 24.7 Å². The number of rotatable bonds is 8. The maximum Gasteiger partial charge on any atom is 0.117 e. The predicted molar refractivity (Wildman–Crippen MR) is 77.5 cm³/mol. The van der Waals surface area contributed by atoms with Crippen LogP contribution in [0, 0.1) is 0 Å². The Hall–Kier alpha value is -1.33. The molecule has 2 aromatic rings. The van der Waals surface area contributed by atoms with Crippen molar-refractivity contribution >= 4 is 11.6 Å². The molecule has 1 atom stereocenters. The van der Waals surface area contributed by atoms with Gasteiger partial charge < -0.3 is 19.6 Å². The maximum absolute atomic E-state index is 9.77. The van der Waals surface area contributed by atoms with Crippen LogP contribution in [0.2, 0.25) is 5.02 Å². The van der Waals surface area contributed by atoms with Gasteiger partial charge in [0.25, 0.3) is 0 Å². The molecule has 0 aliphatic carbocycles. The zero-order chi connectivity index (χ0) is 14.2. The van der Waals surface area contributed by atoms with Crippen LogP contribution in [-0.4, -0.2) is 24.4 Å². The zero-order valence-electron chi connectivity index (χ0n) is 11.1. The van der Waals surface area contributed by atoms with E-state index >= 15 is 0 Å². The summed E-state index contributed by atoms with van der Waals surface area (Å²) in [5.41, 5.74) is 0.921. The second kappa shape index (κ2) is 8.07. The summed E-state index contributed by atoms with van der Waals surface area (Å²) in [6, 6.07) is 11.2. The maximum atomic E-state index is 9.77. The molecule has 0 radical (unpaired) electrons. The van der Waals surface area contributed by atoms with Gasteiger partial charge in [-0.3, -0.25) is 0 Å². The number of nitrogens with one attached hydrogen (secondary N) is 1. The molecule has 2 rings (SSSR count). The van der Waals surface area contributed by atoms with Crippen LogP contribution in [0.5, 0.6) is 0 Å². The van der Waals surface area contributed by atoms with Gasteiger partial charge in [0.2, 0.25) is 0 Å². The Labute approximate surface area is 123 Å². The number of halogens is 1. The van der Waals surface area contributed by atoms with Crippen LogP contribution in [0.25, 0.3) is 0 Å². The molecule has 108 valence electrons. The fourth-order valence-corrected chi connectivity index (χ4v) is 1.94. The second-order valence-corrected chi connectivity index (χ2v) is 4.88. The number of benzene rings is 1. The van der Waals surface area contributed by atoms with E-state index in [1.54, 1.807) is 6.26 Å². The molecule has 1 heterocycles. The predicted octanol–water partition coefficient (Wildman–Crippen LogP) is 2.60. The second-order valence-electron chi connectivity index (χ2n) is 4.47. The molecule has 1 aromatic heterocycles. The standard InChI is InChI=1S/C15H18ClNO3/c16-15-6-2-1-4-12(15)10-19-11-13(18)8-17-9-14-5-3-7-20-14/h1-7,13,17-18H,8-11H2. The smallest absolute Gasteiger partial charge is 0.117 e. The Morgan fingerprint density at radius 3 is 2.85 bits per heavy atom. The average molecular weight is 296 g/mol. The molecule has 5 heteroatoms. The van der Waals surface area contributed by atoms with Crippen LogP contribution in [0.3, 0.4) is 0 Å². The Balaban J connectivity index is 1.60. The minimum atomic E-state index is -0.563. The zero-order valence-corrected chi connectivity index (χ0v) is 11.8. The minimum Gasteiger partial charge on any atom is -0.468 e. The van der Waals surface area contributed by atoms with Crippen molar-refractivity contribution in [1.82, 2.24) is 5.32 Å². The lowest BCUT2D eigenvalue weighted by Crippen LogP contribution is -2.29. The number of aliphatic hydroxyl groups excluding tert-OH is 1. The van der Waals surface area contributed by atoms with Crippen molar-refractivity contribution in [2.24, 2.45) is 0 Å². The van der Waals surface area contributed by atoms with Gasteiger partial charge >= 0.3 is 0 Å².